The number of hydrogen-bond donors (Lipinski definition) is 4. The number of esters is 2. The summed E-state index contributed by atoms with van der Waals surface area (Å²) in [5.41, 5.74) is 0. The van der Waals surface area contributed by atoms with E-state index in [2.05, 4.69) is 38.2 Å². The van der Waals surface area contributed by atoms with E-state index in [0.29, 0.717) is 39.0 Å². The van der Waals surface area contributed by atoms with Gasteiger partial charge in [0.05, 0.1) is 40.5 Å². The summed E-state index contributed by atoms with van der Waals surface area (Å²) in [6, 6.07) is 0. The van der Waals surface area contributed by atoms with Gasteiger partial charge in [0, 0.05) is 12.8 Å². The number of rotatable bonds is 45. The van der Waals surface area contributed by atoms with Crippen molar-refractivity contribution in [1.29, 1.82) is 0 Å². The molecule has 0 rings (SSSR count). The minimum atomic E-state index is -0.836. The van der Waals surface area contributed by atoms with Crippen LogP contribution < -0.4 is 0 Å². The molecule has 0 bridgehead atoms. The summed E-state index contributed by atoms with van der Waals surface area (Å²) in [6.07, 6.45) is 38.5. The second-order valence-corrected chi connectivity index (χ2v) is 18.1. The molecule has 0 spiro atoms. The van der Waals surface area contributed by atoms with Gasteiger partial charge in [-0.1, -0.05) is 141 Å². The zero-order valence-electron chi connectivity index (χ0n) is 39.7. The first kappa shape index (κ1) is 58.2. The summed E-state index contributed by atoms with van der Waals surface area (Å²) in [5, 5.41) is 39.8. The standard InChI is InChI=1S/C50H98N2O8/c1-5-7-9-11-13-15-17-19-21-23-25-27-29-31-33-35-49(57)59-47(45-51(3,37-41-53)38-42-54)48(46-52(4,39-43-55)40-44-56)60-50(58)36-34-32-30-28-26-24-22-20-18-16-14-12-10-8-6-2/h19-22,47-48,53-56H,5-18,23-46H2,1-4H3/q+2. The van der Waals surface area contributed by atoms with E-state index in [1.165, 1.54) is 89.9 Å². The number of carbonyl (C=O) groups is 2. The molecule has 10 nitrogen and oxygen atoms in total. The van der Waals surface area contributed by atoms with E-state index in [1.54, 1.807) is 0 Å². The zero-order valence-corrected chi connectivity index (χ0v) is 39.7. The summed E-state index contributed by atoms with van der Waals surface area (Å²) in [5.74, 6) is -0.706. The third kappa shape index (κ3) is 34.7. The van der Waals surface area contributed by atoms with Crippen molar-refractivity contribution in [2.24, 2.45) is 0 Å². The highest BCUT2D eigenvalue weighted by atomic mass is 16.6. The Morgan fingerprint density at radius 2 is 0.667 bits per heavy atom. The maximum Gasteiger partial charge on any atom is 0.306 e. The van der Waals surface area contributed by atoms with E-state index in [4.69, 9.17) is 9.47 Å². The van der Waals surface area contributed by atoms with Crippen LogP contribution in [0.5, 0.6) is 0 Å². The molecule has 0 saturated heterocycles. The Hall–Kier alpha value is -1.82. The SMILES string of the molecule is CCCCCCCCC=CCCCCCCCC(=O)OC(C[N+](C)(CCO)CCO)C(C[N+](C)(CCO)CCO)OC(=O)CCCCCCCC=CCCCCCCCC. The van der Waals surface area contributed by atoms with E-state index in [0.717, 1.165) is 64.2 Å². The van der Waals surface area contributed by atoms with Crippen LogP contribution in [0.3, 0.4) is 0 Å². The number of allylic oxidation sites excluding steroid dienone is 4. The Balaban J connectivity index is 5.27. The summed E-state index contributed by atoms with van der Waals surface area (Å²) in [6.45, 7) is 5.84. The highest BCUT2D eigenvalue weighted by molar-refractivity contribution is 5.70. The Kier molecular flexibility index (Phi) is 40.0. The molecule has 2 unspecified atom stereocenters. The van der Waals surface area contributed by atoms with Crippen molar-refractivity contribution < 1.29 is 48.5 Å². The molecule has 0 aromatic rings. The normalized spacial score (nSPS) is 13.4. The van der Waals surface area contributed by atoms with Crippen LogP contribution in [-0.4, -0.2) is 133 Å². The molecule has 0 fully saturated rings. The second kappa shape index (κ2) is 41.2. The van der Waals surface area contributed by atoms with Gasteiger partial charge in [-0.25, -0.2) is 0 Å². The lowest BCUT2D eigenvalue weighted by molar-refractivity contribution is -0.920. The molecule has 0 aliphatic heterocycles. The molecule has 354 valence electrons. The molecular weight excluding hydrogens is 757 g/mol. The van der Waals surface area contributed by atoms with Gasteiger partial charge in [-0.05, 0) is 64.2 Å². The topological polar surface area (TPSA) is 134 Å². The zero-order chi connectivity index (χ0) is 44.4. The molecule has 0 aromatic carbocycles. The summed E-state index contributed by atoms with van der Waals surface area (Å²) < 4.78 is 12.9. The Morgan fingerprint density at radius 3 is 0.933 bits per heavy atom. The van der Waals surface area contributed by atoms with Crippen LogP contribution in [0.25, 0.3) is 0 Å². The molecule has 2 atom stereocenters. The van der Waals surface area contributed by atoms with Gasteiger partial charge in [-0.3, -0.25) is 9.59 Å². The van der Waals surface area contributed by atoms with E-state index >= 15 is 0 Å². The van der Waals surface area contributed by atoms with Crippen molar-refractivity contribution in [3.8, 4) is 0 Å². The number of likely N-dealkylation sites (N-methyl/N-ethyl adjacent to an activating group) is 2. The number of aliphatic hydroxyl groups is 4. The van der Waals surface area contributed by atoms with Gasteiger partial charge in [0.1, 0.15) is 39.3 Å². The lowest BCUT2D eigenvalue weighted by atomic mass is 10.1. The number of ether oxygens (including phenoxy) is 2. The number of hydrogen-bond acceptors (Lipinski definition) is 8. The van der Waals surface area contributed by atoms with E-state index in [9.17, 15) is 30.0 Å². The first-order valence-corrected chi connectivity index (χ1v) is 24.9. The van der Waals surface area contributed by atoms with Gasteiger partial charge in [0.15, 0.2) is 12.2 Å². The molecule has 0 saturated carbocycles. The molecule has 0 aromatic heterocycles. The highest BCUT2D eigenvalue weighted by Gasteiger charge is 2.41. The molecule has 10 heteroatoms. The first-order chi connectivity index (χ1) is 29.1. The largest absolute Gasteiger partial charge is 0.452 e. The predicted molar refractivity (Wildman–Crippen MR) is 249 cm³/mol. The minimum absolute atomic E-state index is 0.116. The smallest absolute Gasteiger partial charge is 0.306 e. The molecular formula is C50H98N2O8+2. The molecule has 0 heterocycles. The van der Waals surface area contributed by atoms with Crippen molar-refractivity contribution in [1.82, 2.24) is 0 Å². The molecule has 4 N–H and O–H groups in total. The van der Waals surface area contributed by atoms with Crippen LogP contribution in [0.15, 0.2) is 24.3 Å². The minimum Gasteiger partial charge on any atom is -0.452 e. The number of aliphatic hydroxyl groups excluding tert-OH is 4. The van der Waals surface area contributed by atoms with E-state index in [1.807, 2.05) is 14.1 Å². The third-order valence-electron chi connectivity index (χ3n) is 12.1. The number of carbonyl (C=O) groups excluding carboxylic acids is 2. The van der Waals surface area contributed by atoms with Crippen molar-refractivity contribution in [3.63, 3.8) is 0 Å². The quantitative estimate of drug-likeness (QED) is 0.0206. The lowest BCUT2D eigenvalue weighted by Gasteiger charge is -2.41. The molecule has 0 radical (unpaired) electrons. The van der Waals surface area contributed by atoms with Crippen LogP contribution in [-0.2, 0) is 19.1 Å². The van der Waals surface area contributed by atoms with Crippen molar-refractivity contribution >= 4 is 11.9 Å². The molecule has 0 aliphatic rings. The van der Waals surface area contributed by atoms with Crippen molar-refractivity contribution in [3.05, 3.63) is 24.3 Å². The number of quaternary nitrogens is 2. The van der Waals surface area contributed by atoms with Gasteiger partial charge in [0.25, 0.3) is 0 Å². The van der Waals surface area contributed by atoms with Gasteiger partial charge < -0.3 is 38.9 Å². The maximum atomic E-state index is 13.5. The third-order valence-corrected chi connectivity index (χ3v) is 12.1. The summed E-state index contributed by atoms with van der Waals surface area (Å²) >= 11 is 0. The second-order valence-electron chi connectivity index (χ2n) is 18.1. The maximum absolute atomic E-state index is 13.5. The van der Waals surface area contributed by atoms with Gasteiger partial charge in [-0.2, -0.15) is 0 Å². The fourth-order valence-electron chi connectivity index (χ4n) is 8.02. The van der Waals surface area contributed by atoms with E-state index < -0.39 is 12.2 Å². The summed E-state index contributed by atoms with van der Waals surface area (Å²) in [4.78, 5) is 26.9. The van der Waals surface area contributed by atoms with Gasteiger partial charge >= 0.3 is 11.9 Å². The van der Waals surface area contributed by atoms with E-state index in [-0.39, 0.29) is 73.3 Å². The lowest BCUT2D eigenvalue weighted by Crippen LogP contribution is -2.60. The van der Waals surface area contributed by atoms with Crippen LogP contribution in [0, 0.1) is 0 Å². The average Bonchev–Trinajstić information content (AvgIpc) is 3.20. The fraction of sp³-hybridized carbons (Fsp3) is 0.880. The summed E-state index contributed by atoms with van der Waals surface area (Å²) in [7, 11) is 3.80. The average molecular weight is 855 g/mol. The Labute approximate surface area is 369 Å². The monoisotopic (exact) mass is 855 g/mol. The molecule has 60 heavy (non-hydrogen) atoms. The van der Waals surface area contributed by atoms with Crippen LogP contribution in [0.2, 0.25) is 0 Å². The van der Waals surface area contributed by atoms with Crippen molar-refractivity contribution in [2.45, 2.75) is 206 Å². The predicted octanol–water partition coefficient (Wildman–Crippen LogP) is 9.75. The Bertz CT molecular complexity index is 946. The van der Waals surface area contributed by atoms with Crippen LogP contribution in [0.1, 0.15) is 194 Å². The Morgan fingerprint density at radius 1 is 0.417 bits per heavy atom. The van der Waals surface area contributed by atoms with Crippen molar-refractivity contribution in [2.75, 3.05) is 79.8 Å². The fourth-order valence-corrected chi connectivity index (χ4v) is 8.02. The first-order valence-electron chi connectivity index (χ1n) is 24.9. The number of unbranched alkanes of at least 4 members (excludes halogenated alkanes) is 22. The highest BCUT2D eigenvalue weighted by Crippen LogP contribution is 2.20. The number of nitrogens with zero attached hydrogens (tertiary/aromatic N) is 2. The molecule has 0 amide bonds. The van der Waals surface area contributed by atoms with Crippen LogP contribution >= 0.6 is 0 Å². The van der Waals surface area contributed by atoms with Gasteiger partial charge in [0.2, 0.25) is 0 Å². The van der Waals surface area contributed by atoms with Crippen LogP contribution in [0.4, 0.5) is 0 Å². The molecule has 0 aliphatic carbocycles. The van der Waals surface area contributed by atoms with Gasteiger partial charge in [-0.15, -0.1) is 0 Å².